The number of hydrogen-bond donors (Lipinski definition) is 2. The van der Waals surface area contributed by atoms with Gasteiger partial charge in [0.15, 0.2) is 0 Å². The van der Waals surface area contributed by atoms with Crippen LogP contribution < -0.4 is 10.8 Å². The lowest BCUT2D eigenvalue weighted by Crippen LogP contribution is -2.34. The van der Waals surface area contributed by atoms with Crippen LogP contribution in [-0.4, -0.2) is 30.8 Å². The highest BCUT2D eigenvalue weighted by atomic mass is 16.7. The molecule has 1 rings (SSSR count). The van der Waals surface area contributed by atoms with Crippen LogP contribution >= 0.6 is 0 Å². The smallest absolute Gasteiger partial charge is 0.407 e. The molecule has 0 unspecified atom stereocenters. The Morgan fingerprint density at radius 2 is 1.76 bits per heavy atom. The van der Waals surface area contributed by atoms with Crippen LogP contribution in [0.2, 0.25) is 0 Å². The number of nitrogens with one attached hydrogen (secondary N) is 2. The van der Waals surface area contributed by atoms with Crippen LogP contribution in [0.25, 0.3) is 0 Å². The van der Waals surface area contributed by atoms with Crippen molar-refractivity contribution >= 4 is 12.1 Å². The van der Waals surface area contributed by atoms with Gasteiger partial charge in [-0.3, -0.25) is 0 Å². The van der Waals surface area contributed by atoms with Crippen molar-refractivity contribution < 1.29 is 19.2 Å². The molecule has 1 amide bonds. The molecule has 1 aromatic carbocycles. The zero-order chi connectivity index (χ0) is 15.7. The van der Waals surface area contributed by atoms with Crippen LogP contribution in [0.15, 0.2) is 30.3 Å². The summed E-state index contributed by atoms with van der Waals surface area (Å²) >= 11 is 0. The highest BCUT2D eigenvalue weighted by Crippen LogP contribution is 2.06. The number of carbonyl (C=O) groups is 2. The molecule has 0 fully saturated rings. The van der Waals surface area contributed by atoms with Crippen molar-refractivity contribution in [3.63, 3.8) is 0 Å². The molecule has 21 heavy (non-hydrogen) atoms. The average Bonchev–Trinajstić information content (AvgIpc) is 2.41. The number of rotatable bonds is 6. The van der Waals surface area contributed by atoms with Crippen molar-refractivity contribution in [2.75, 3.05) is 13.1 Å². The van der Waals surface area contributed by atoms with Crippen molar-refractivity contribution in [2.24, 2.45) is 0 Å². The predicted octanol–water partition coefficient (Wildman–Crippen LogP) is 2.26. The summed E-state index contributed by atoms with van der Waals surface area (Å²) in [6.07, 6.45) is 0.158. The van der Waals surface area contributed by atoms with Crippen molar-refractivity contribution in [3.05, 3.63) is 35.9 Å². The largest absolute Gasteiger partial charge is 0.444 e. The molecule has 0 aromatic heterocycles. The Morgan fingerprint density at radius 1 is 1.10 bits per heavy atom. The molecule has 0 aliphatic rings. The van der Waals surface area contributed by atoms with Gasteiger partial charge in [-0.1, -0.05) is 18.2 Å². The van der Waals surface area contributed by atoms with E-state index in [1.807, 2.05) is 6.07 Å². The van der Waals surface area contributed by atoms with E-state index in [9.17, 15) is 9.59 Å². The van der Waals surface area contributed by atoms with E-state index >= 15 is 0 Å². The van der Waals surface area contributed by atoms with Crippen molar-refractivity contribution in [2.45, 2.75) is 32.8 Å². The SMILES string of the molecule is CC(C)(C)OC(=O)NCCCNOC(=O)c1ccccc1. The maximum Gasteiger partial charge on any atom is 0.407 e. The van der Waals surface area contributed by atoms with Gasteiger partial charge in [-0.05, 0) is 39.3 Å². The van der Waals surface area contributed by atoms with Gasteiger partial charge in [0.25, 0.3) is 0 Å². The zero-order valence-corrected chi connectivity index (χ0v) is 12.6. The second-order valence-electron chi connectivity index (χ2n) is 5.43. The molecule has 6 heteroatoms. The second-order valence-corrected chi connectivity index (χ2v) is 5.43. The Labute approximate surface area is 124 Å². The molecule has 0 aliphatic carbocycles. The van der Waals surface area contributed by atoms with Crippen LogP contribution in [0.3, 0.4) is 0 Å². The Morgan fingerprint density at radius 3 is 2.38 bits per heavy atom. The lowest BCUT2D eigenvalue weighted by molar-refractivity contribution is 0.0248. The summed E-state index contributed by atoms with van der Waals surface area (Å²) in [5, 5.41) is 2.62. The summed E-state index contributed by atoms with van der Waals surface area (Å²) in [5.74, 6) is -0.435. The molecule has 0 bridgehead atoms. The maximum atomic E-state index is 11.6. The first kappa shape index (κ1) is 17.0. The van der Waals surface area contributed by atoms with Gasteiger partial charge in [-0.15, -0.1) is 0 Å². The van der Waals surface area contributed by atoms with Crippen LogP contribution in [0.1, 0.15) is 37.6 Å². The number of carbonyl (C=O) groups excluding carboxylic acids is 2. The first-order valence-corrected chi connectivity index (χ1v) is 6.84. The van der Waals surface area contributed by atoms with Gasteiger partial charge in [0.1, 0.15) is 5.60 Å². The zero-order valence-electron chi connectivity index (χ0n) is 12.6. The minimum atomic E-state index is -0.506. The third kappa shape index (κ3) is 7.94. The topological polar surface area (TPSA) is 76.7 Å². The van der Waals surface area contributed by atoms with Crippen molar-refractivity contribution in [1.29, 1.82) is 0 Å². The minimum absolute atomic E-state index is 0.435. The minimum Gasteiger partial charge on any atom is -0.444 e. The summed E-state index contributed by atoms with van der Waals surface area (Å²) < 4.78 is 5.08. The fourth-order valence-electron chi connectivity index (χ4n) is 1.41. The van der Waals surface area contributed by atoms with Gasteiger partial charge in [0, 0.05) is 13.1 Å². The summed E-state index contributed by atoms with van der Waals surface area (Å²) in [7, 11) is 0. The first-order valence-electron chi connectivity index (χ1n) is 6.84. The van der Waals surface area contributed by atoms with E-state index in [1.165, 1.54) is 0 Å². The molecule has 0 spiro atoms. The average molecular weight is 294 g/mol. The third-order valence-corrected chi connectivity index (χ3v) is 2.30. The molecule has 1 aromatic rings. The van der Waals surface area contributed by atoms with E-state index in [4.69, 9.17) is 9.57 Å². The van der Waals surface area contributed by atoms with E-state index in [0.29, 0.717) is 25.1 Å². The molecule has 0 radical (unpaired) electrons. The maximum absolute atomic E-state index is 11.6. The molecular formula is C15H22N2O4. The van der Waals surface area contributed by atoms with E-state index < -0.39 is 17.7 Å². The Balaban J connectivity index is 2.07. The Hall–Kier alpha value is -2.08. The van der Waals surface area contributed by atoms with E-state index in [1.54, 1.807) is 45.0 Å². The fraction of sp³-hybridized carbons (Fsp3) is 0.467. The van der Waals surface area contributed by atoms with Gasteiger partial charge in [-0.25, -0.2) is 9.59 Å². The van der Waals surface area contributed by atoms with Crippen LogP contribution in [0, 0.1) is 0 Å². The van der Waals surface area contributed by atoms with Crippen LogP contribution in [0.4, 0.5) is 4.79 Å². The molecule has 0 saturated heterocycles. The molecule has 0 atom stereocenters. The number of amides is 1. The van der Waals surface area contributed by atoms with Gasteiger partial charge in [-0.2, -0.15) is 5.48 Å². The molecule has 6 nitrogen and oxygen atoms in total. The standard InChI is InChI=1S/C15H22N2O4/c1-15(2,3)20-14(19)16-10-7-11-17-21-13(18)12-8-5-4-6-9-12/h4-6,8-9,17H,7,10-11H2,1-3H3,(H,16,19). The summed E-state index contributed by atoms with van der Waals surface area (Å²) in [6, 6.07) is 8.71. The number of benzene rings is 1. The second kappa shape index (κ2) is 8.26. The normalized spacial score (nSPS) is 10.8. The highest BCUT2D eigenvalue weighted by molar-refractivity contribution is 5.89. The highest BCUT2D eigenvalue weighted by Gasteiger charge is 2.15. The van der Waals surface area contributed by atoms with Gasteiger partial charge in [0.05, 0.1) is 5.56 Å². The summed E-state index contributed by atoms with van der Waals surface area (Å²) in [4.78, 5) is 27.8. The molecule has 0 aliphatic heterocycles. The lowest BCUT2D eigenvalue weighted by atomic mass is 10.2. The molecular weight excluding hydrogens is 272 g/mol. The molecule has 0 heterocycles. The molecule has 0 saturated carbocycles. The lowest BCUT2D eigenvalue weighted by Gasteiger charge is -2.19. The van der Waals surface area contributed by atoms with Crippen molar-refractivity contribution in [1.82, 2.24) is 10.8 Å². The number of hydrogen-bond acceptors (Lipinski definition) is 5. The van der Waals surface area contributed by atoms with Crippen LogP contribution in [0.5, 0.6) is 0 Å². The van der Waals surface area contributed by atoms with Crippen molar-refractivity contribution in [3.8, 4) is 0 Å². The predicted molar refractivity (Wildman–Crippen MR) is 78.7 cm³/mol. The fourth-order valence-corrected chi connectivity index (χ4v) is 1.41. The Bertz CT molecular complexity index is 454. The van der Waals surface area contributed by atoms with Gasteiger partial charge in [0.2, 0.25) is 0 Å². The van der Waals surface area contributed by atoms with Crippen LogP contribution in [-0.2, 0) is 9.57 Å². The number of alkyl carbamates (subject to hydrolysis) is 1. The monoisotopic (exact) mass is 294 g/mol. The quantitative estimate of drug-likeness (QED) is 0.621. The molecule has 116 valence electrons. The Kier molecular flexibility index (Phi) is 6.68. The summed E-state index contributed by atoms with van der Waals surface area (Å²) in [5.41, 5.74) is 2.54. The van der Waals surface area contributed by atoms with E-state index in [2.05, 4.69) is 10.8 Å². The van der Waals surface area contributed by atoms with E-state index in [0.717, 1.165) is 0 Å². The van der Waals surface area contributed by atoms with E-state index in [-0.39, 0.29) is 0 Å². The van der Waals surface area contributed by atoms with Gasteiger partial charge < -0.3 is 14.9 Å². The molecule has 2 N–H and O–H groups in total. The number of ether oxygens (including phenoxy) is 1. The summed E-state index contributed by atoms with van der Waals surface area (Å²) in [6.45, 7) is 6.28. The number of hydroxylamine groups is 1. The van der Waals surface area contributed by atoms with Gasteiger partial charge >= 0.3 is 12.1 Å². The first-order chi connectivity index (χ1) is 9.88. The third-order valence-electron chi connectivity index (χ3n) is 2.30.